The molecule has 0 aliphatic carbocycles. The summed E-state index contributed by atoms with van der Waals surface area (Å²) >= 11 is 0. The average Bonchev–Trinajstić information content (AvgIpc) is 3.26. The third kappa shape index (κ3) is 3.56. The molecule has 8 nitrogen and oxygen atoms in total. The number of cyclic esters (lactones) is 1. The Kier molecular flexibility index (Phi) is 4.40. The van der Waals surface area contributed by atoms with Gasteiger partial charge in [0.15, 0.2) is 11.5 Å². The molecule has 4 rings (SSSR count). The second kappa shape index (κ2) is 6.75. The predicted molar refractivity (Wildman–Crippen MR) is 96.5 cm³/mol. The number of anilines is 1. The fourth-order valence-corrected chi connectivity index (χ4v) is 3.96. The van der Waals surface area contributed by atoms with Crippen molar-refractivity contribution in [2.45, 2.75) is 17.9 Å². The van der Waals surface area contributed by atoms with Crippen molar-refractivity contribution in [3.05, 3.63) is 48.0 Å². The smallest absolute Gasteiger partial charge is 0.414 e. The Hall–Kier alpha value is -2.78. The number of hydrogen-bond donors (Lipinski definition) is 1. The first-order chi connectivity index (χ1) is 12.9. The largest absolute Gasteiger partial charge is 0.454 e. The van der Waals surface area contributed by atoms with E-state index in [1.54, 1.807) is 30.3 Å². The number of amides is 1. The van der Waals surface area contributed by atoms with Crippen molar-refractivity contribution in [3.8, 4) is 11.5 Å². The van der Waals surface area contributed by atoms with Gasteiger partial charge in [0.1, 0.15) is 6.10 Å². The summed E-state index contributed by atoms with van der Waals surface area (Å²) in [4.78, 5) is 13.8. The number of rotatable bonds is 5. The molecule has 2 aliphatic heterocycles. The Morgan fingerprint density at radius 2 is 1.85 bits per heavy atom. The van der Waals surface area contributed by atoms with Crippen LogP contribution in [0.1, 0.15) is 5.56 Å². The van der Waals surface area contributed by atoms with Crippen molar-refractivity contribution in [3.63, 3.8) is 0 Å². The summed E-state index contributed by atoms with van der Waals surface area (Å²) in [5.41, 5.74) is 1.58. The SMILES string of the molecule is Cc1ccc(S(=O)(=O)NC[C@H]2CN(c3ccc4c(c3)OCO4)C(=O)O2)cc1. The third-order valence-electron chi connectivity index (χ3n) is 4.37. The number of nitrogens with one attached hydrogen (secondary N) is 1. The first kappa shape index (κ1) is 17.6. The van der Waals surface area contributed by atoms with E-state index in [9.17, 15) is 13.2 Å². The second-order valence-electron chi connectivity index (χ2n) is 6.32. The van der Waals surface area contributed by atoms with E-state index in [0.717, 1.165) is 5.56 Å². The van der Waals surface area contributed by atoms with Crippen LogP contribution in [0, 0.1) is 6.92 Å². The molecule has 0 aromatic heterocycles. The summed E-state index contributed by atoms with van der Waals surface area (Å²) in [5.74, 6) is 1.18. The molecule has 1 fully saturated rings. The predicted octanol–water partition coefficient (Wildman–Crippen LogP) is 2.03. The first-order valence-electron chi connectivity index (χ1n) is 8.36. The highest BCUT2D eigenvalue weighted by Gasteiger charge is 2.34. The van der Waals surface area contributed by atoms with Crippen molar-refractivity contribution >= 4 is 21.8 Å². The number of benzene rings is 2. The Morgan fingerprint density at radius 1 is 1.11 bits per heavy atom. The molecule has 1 atom stereocenters. The summed E-state index contributed by atoms with van der Waals surface area (Å²) in [5, 5.41) is 0. The minimum Gasteiger partial charge on any atom is -0.454 e. The average molecular weight is 390 g/mol. The highest BCUT2D eigenvalue weighted by Crippen LogP contribution is 2.36. The van der Waals surface area contributed by atoms with E-state index < -0.39 is 22.2 Å². The van der Waals surface area contributed by atoms with Gasteiger partial charge in [0.2, 0.25) is 16.8 Å². The van der Waals surface area contributed by atoms with Crippen LogP contribution >= 0.6 is 0 Å². The zero-order valence-corrected chi connectivity index (χ0v) is 15.4. The van der Waals surface area contributed by atoms with Gasteiger partial charge in [-0.05, 0) is 31.2 Å². The molecule has 1 amide bonds. The van der Waals surface area contributed by atoms with Crippen LogP contribution in [0.5, 0.6) is 11.5 Å². The van der Waals surface area contributed by atoms with Gasteiger partial charge >= 0.3 is 6.09 Å². The molecule has 1 N–H and O–H groups in total. The molecule has 2 heterocycles. The van der Waals surface area contributed by atoms with E-state index in [-0.39, 0.29) is 24.8 Å². The normalized spacial score (nSPS) is 18.6. The van der Waals surface area contributed by atoms with Gasteiger partial charge in [0, 0.05) is 12.6 Å². The van der Waals surface area contributed by atoms with Crippen molar-refractivity contribution in [1.82, 2.24) is 4.72 Å². The Bertz CT molecular complexity index is 974. The molecule has 2 aromatic carbocycles. The van der Waals surface area contributed by atoms with Crippen molar-refractivity contribution in [2.24, 2.45) is 0 Å². The maximum absolute atomic E-state index is 12.4. The van der Waals surface area contributed by atoms with Crippen molar-refractivity contribution < 1.29 is 27.4 Å². The standard InChI is InChI=1S/C18H18N2O6S/c1-12-2-5-15(6-3-12)27(22,23)19-9-14-10-20(18(21)26-14)13-4-7-16-17(8-13)25-11-24-16/h2-8,14,19H,9-11H2,1H3/t14-/m0/s1. The number of fused-ring (bicyclic) bond motifs is 1. The molecule has 0 spiro atoms. The lowest BCUT2D eigenvalue weighted by Gasteiger charge is -2.13. The van der Waals surface area contributed by atoms with Crippen LogP contribution < -0.4 is 19.1 Å². The first-order valence-corrected chi connectivity index (χ1v) is 9.85. The van der Waals surface area contributed by atoms with Gasteiger partial charge in [-0.25, -0.2) is 17.9 Å². The maximum atomic E-state index is 12.4. The van der Waals surface area contributed by atoms with E-state index >= 15 is 0 Å². The Balaban J connectivity index is 1.41. The number of hydrogen-bond acceptors (Lipinski definition) is 6. The summed E-state index contributed by atoms with van der Waals surface area (Å²) in [6.07, 6.45) is -1.13. The number of aryl methyl sites for hydroxylation is 1. The van der Waals surface area contributed by atoms with Crippen LogP contribution in [0.15, 0.2) is 47.4 Å². The molecule has 0 unspecified atom stereocenters. The van der Waals surface area contributed by atoms with Gasteiger partial charge in [0.25, 0.3) is 0 Å². The minimum atomic E-state index is -3.67. The highest BCUT2D eigenvalue weighted by molar-refractivity contribution is 7.89. The third-order valence-corrected chi connectivity index (χ3v) is 5.81. The number of carbonyl (C=O) groups excluding carboxylic acids is 1. The zero-order valence-electron chi connectivity index (χ0n) is 14.5. The molecule has 2 aliphatic rings. The molecule has 0 radical (unpaired) electrons. The van der Waals surface area contributed by atoms with Gasteiger partial charge in [-0.3, -0.25) is 4.90 Å². The van der Waals surface area contributed by atoms with Crippen LogP contribution in [-0.4, -0.2) is 40.5 Å². The molecular weight excluding hydrogens is 372 g/mol. The van der Waals surface area contributed by atoms with Gasteiger partial charge in [-0.15, -0.1) is 0 Å². The van der Waals surface area contributed by atoms with E-state index in [1.165, 1.54) is 17.0 Å². The van der Waals surface area contributed by atoms with Crippen LogP contribution in [0.4, 0.5) is 10.5 Å². The monoisotopic (exact) mass is 390 g/mol. The quantitative estimate of drug-likeness (QED) is 0.840. The van der Waals surface area contributed by atoms with E-state index in [2.05, 4.69) is 4.72 Å². The van der Waals surface area contributed by atoms with E-state index in [0.29, 0.717) is 17.2 Å². The minimum absolute atomic E-state index is 0.0109. The van der Waals surface area contributed by atoms with Crippen LogP contribution in [0.2, 0.25) is 0 Å². The molecule has 9 heteroatoms. The topological polar surface area (TPSA) is 94.2 Å². The molecule has 0 bridgehead atoms. The number of carbonyl (C=O) groups is 1. The number of sulfonamides is 1. The molecule has 27 heavy (non-hydrogen) atoms. The molecular formula is C18H18N2O6S. The second-order valence-corrected chi connectivity index (χ2v) is 8.09. The Labute approximate surface area is 156 Å². The lowest BCUT2D eigenvalue weighted by atomic mass is 10.2. The lowest BCUT2D eigenvalue weighted by molar-refractivity contribution is 0.143. The van der Waals surface area contributed by atoms with Gasteiger partial charge in [-0.2, -0.15) is 0 Å². The van der Waals surface area contributed by atoms with Gasteiger partial charge in [0.05, 0.1) is 17.1 Å². The summed E-state index contributed by atoms with van der Waals surface area (Å²) in [6, 6.07) is 11.7. The fourth-order valence-electron chi connectivity index (χ4n) is 2.90. The lowest BCUT2D eigenvalue weighted by Crippen LogP contribution is -2.34. The summed E-state index contributed by atoms with van der Waals surface area (Å²) < 4.78 is 43.1. The van der Waals surface area contributed by atoms with Gasteiger partial charge in [-0.1, -0.05) is 17.7 Å². The van der Waals surface area contributed by atoms with E-state index in [1.807, 2.05) is 6.92 Å². The molecule has 0 saturated carbocycles. The summed E-state index contributed by atoms with van der Waals surface area (Å²) in [6.45, 7) is 2.25. The van der Waals surface area contributed by atoms with E-state index in [4.69, 9.17) is 14.2 Å². The zero-order chi connectivity index (χ0) is 19.0. The van der Waals surface area contributed by atoms with Crippen LogP contribution in [0.3, 0.4) is 0 Å². The van der Waals surface area contributed by atoms with Gasteiger partial charge < -0.3 is 14.2 Å². The maximum Gasteiger partial charge on any atom is 0.414 e. The number of nitrogens with zero attached hydrogens (tertiary/aromatic N) is 1. The van der Waals surface area contributed by atoms with Crippen LogP contribution in [-0.2, 0) is 14.8 Å². The summed E-state index contributed by atoms with van der Waals surface area (Å²) in [7, 11) is -3.67. The Morgan fingerprint density at radius 3 is 2.63 bits per heavy atom. The van der Waals surface area contributed by atoms with Crippen molar-refractivity contribution in [1.29, 1.82) is 0 Å². The van der Waals surface area contributed by atoms with Crippen molar-refractivity contribution in [2.75, 3.05) is 24.8 Å². The molecule has 2 aromatic rings. The molecule has 142 valence electrons. The highest BCUT2D eigenvalue weighted by atomic mass is 32.2. The van der Waals surface area contributed by atoms with Crippen LogP contribution in [0.25, 0.3) is 0 Å². The fraction of sp³-hybridized carbons (Fsp3) is 0.278. The number of ether oxygens (including phenoxy) is 3. The molecule has 1 saturated heterocycles.